The third kappa shape index (κ3) is 2.93. The SMILES string of the molecule is Fc1cccc(-c2noc(C3(c4cccc(F)c4)CCOCC3)n2)c1. The molecule has 1 saturated heterocycles. The lowest BCUT2D eigenvalue weighted by atomic mass is 9.74. The second-order valence-electron chi connectivity index (χ2n) is 6.14. The molecule has 0 unspecified atom stereocenters. The maximum Gasteiger partial charge on any atom is 0.237 e. The Kier molecular flexibility index (Phi) is 4.05. The van der Waals surface area contributed by atoms with Gasteiger partial charge in [0.05, 0.1) is 5.41 Å². The topological polar surface area (TPSA) is 48.2 Å². The third-order valence-corrected chi connectivity index (χ3v) is 4.64. The van der Waals surface area contributed by atoms with Crippen LogP contribution < -0.4 is 0 Å². The van der Waals surface area contributed by atoms with Crippen molar-refractivity contribution >= 4 is 0 Å². The van der Waals surface area contributed by atoms with Crippen molar-refractivity contribution in [2.24, 2.45) is 0 Å². The van der Waals surface area contributed by atoms with Crippen molar-refractivity contribution in [3.05, 3.63) is 71.6 Å². The molecule has 0 saturated carbocycles. The molecule has 0 bridgehead atoms. The lowest BCUT2D eigenvalue weighted by Gasteiger charge is -2.34. The van der Waals surface area contributed by atoms with Crippen LogP contribution in [-0.4, -0.2) is 23.4 Å². The Labute approximate surface area is 143 Å². The van der Waals surface area contributed by atoms with Gasteiger partial charge in [-0.15, -0.1) is 0 Å². The number of aromatic nitrogens is 2. The molecule has 1 aliphatic heterocycles. The van der Waals surface area contributed by atoms with Crippen molar-refractivity contribution in [1.29, 1.82) is 0 Å². The van der Waals surface area contributed by atoms with Crippen LogP contribution in [0.25, 0.3) is 11.4 Å². The largest absolute Gasteiger partial charge is 0.381 e. The number of rotatable bonds is 3. The number of nitrogens with zero attached hydrogens (tertiary/aromatic N) is 2. The minimum atomic E-state index is -0.598. The highest BCUT2D eigenvalue weighted by Crippen LogP contribution is 2.41. The van der Waals surface area contributed by atoms with Gasteiger partial charge in [0.25, 0.3) is 0 Å². The Hall–Kier alpha value is -2.60. The second kappa shape index (κ2) is 6.37. The molecule has 1 aromatic heterocycles. The molecule has 1 fully saturated rings. The molecule has 0 amide bonds. The van der Waals surface area contributed by atoms with Crippen molar-refractivity contribution in [3.63, 3.8) is 0 Å². The Morgan fingerprint density at radius 1 is 0.920 bits per heavy atom. The van der Waals surface area contributed by atoms with E-state index in [9.17, 15) is 8.78 Å². The smallest absolute Gasteiger partial charge is 0.237 e. The third-order valence-electron chi connectivity index (χ3n) is 4.64. The summed E-state index contributed by atoms with van der Waals surface area (Å²) in [7, 11) is 0. The van der Waals surface area contributed by atoms with Crippen LogP contribution in [-0.2, 0) is 10.2 Å². The van der Waals surface area contributed by atoms with E-state index in [4.69, 9.17) is 9.26 Å². The van der Waals surface area contributed by atoms with E-state index in [1.165, 1.54) is 24.3 Å². The second-order valence-corrected chi connectivity index (χ2v) is 6.14. The Morgan fingerprint density at radius 2 is 1.64 bits per heavy atom. The van der Waals surface area contributed by atoms with Crippen LogP contribution in [0.15, 0.2) is 53.1 Å². The Morgan fingerprint density at radius 3 is 2.36 bits per heavy atom. The Bertz CT molecular complexity index is 888. The lowest BCUT2D eigenvalue weighted by molar-refractivity contribution is 0.0522. The van der Waals surface area contributed by atoms with Crippen molar-refractivity contribution in [2.75, 3.05) is 13.2 Å². The molecule has 0 N–H and O–H groups in total. The summed E-state index contributed by atoms with van der Waals surface area (Å²) in [5, 5.41) is 4.01. The van der Waals surface area contributed by atoms with Crippen LogP contribution in [0.5, 0.6) is 0 Å². The van der Waals surface area contributed by atoms with Crippen molar-refractivity contribution in [3.8, 4) is 11.4 Å². The van der Waals surface area contributed by atoms with Crippen LogP contribution in [0.4, 0.5) is 8.78 Å². The molecule has 25 heavy (non-hydrogen) atoms. The first-order chi connectivity index (χ1) is 12.2. The molecule has 4 rings (SSSR count). The normalized spacial score (nSPS) is 16.7. The number of hydrogen-bond acceptors (Lipinski definition) is 4. The number of ether oxygens (including phenoxy) is 1. The molecule has 2 heterocycles. The summed E-state index contributed by atoms with van der Waals surface area (Å²) in [6.07, 6.45) is 1.22. The van der Waals surface area contributed by atoms with Gasteiger partial charge in [-0.2, -0.15) is 4.98 Å². The predicted molar refractivity (Wildman–Crippen MR) is 86.9 cm³/mol. The fraction of sp³-hybridized carbons (Fsp3) is 0.263. The van der Waals surface area contributed by atoms with E-state index < -0.39 is 5.41 Å². The summed E-state index contributed by atoms with van der Waals surface area (Å²) in [6, 6.07) is 12.5. The molecular weight excluding hydrogens is 326 g/mol. The van der Waals surface area contributed by atoms with Crippen molar-refractivity contribution in [1.82, 2.24) is 10.1 Å². The summed E-state index contributed by atoms with van der Waals surface area (Å²) in [5.74, 6) is 0.0421. The van der Waals surface area contributed by atoms with Gasteiger partial charge in [-0.3, -0.25) is 0 Å². The van der Waals surface area contributed by atoms with Crippen LogP contribution in [0.3, 0.4) is 0 Å². The van der Waals surface area contributed by atoms with Crippen LogP contribution in [0.1, 0.15) is 24.3 Å². The zero-order valence-corrected chi connectivity index (χ0v) is 13.4. The fourth-order valence-corrected chi connectivity index (χ4v) is 3.29. The average Bonchev–Trinajstić information content (AvgIpc) is 3.13. The molecule has 0 radical (unpaired) electrons. The average molecular weight is 342 g/mol. The van der Waals surface area contributed by atoms with Crippen LogP contribution in [0.2, 0.25) is 0 Å². The zero-order chi connectivity index (χ0) is 17.3. The molecular formula is C19H16F2N2O2. The Balaban J connectivity index is 1.79. The number of benzene rings is 2. The van der Waals surface area contributed by atoms with E-state index in [2.05, 4.69) is 10.1 Å². The lowest BCUT2D eigenvalue weighted by Crippen LogP contribution is -2.35. The molecule has 0 spiro atoms. The quantitative estimate of drug-likeness (QED) is 0.719. The van der Waals surface area contributed by atoms with E-state index in [0.717, 1.165) is 5.56 Å². The molecule has 1 aliphatic rings. The first-order valence-electron chi connectivity index (χ1n) is 8.11. The van der Waals surface area contributed by atoms with Gasteiger partial charge < -0.3 is 9.26 Å². The maximum atomic E-state index is 13.8. The van der Waals surface area contributed by atoms with E-state index >= 15 is 0 Å². The van der Waals surface area contributed by atoms with Gasteiger partial charge in [-0.25, -0.2) is 8.78 Å². The van der Waals surface area contributed by atoms with Crippen LogP contribution in [0, 0.1) is 11.6 Å². The van der Waals surface area contributed by atoms with Gasteiger partial charge in [-0.05, 0) is 42.7 Å². The molecule has 128 valence electrons. The standard InChI is InChI=1S/C19H16F2N2O2/c20-15-5-1-3-13(11-15)17-22-18(25-23-17)19(7-9-24-10-8-19)14-4-2-6-16(21)12-14/h1-6,11-12H,7-10H2. The first kappa shape index (κ1) is 15.9. The maximum absolute atomic E-state index is 13.8. The minimum Gasteiger partial charge on any atom is -0.381 e. The monoisotopic (exact) mass is 342 g/mol. The molecule has 6 heteroatoms. The molecule has 0 aliphatic carbocycles. The molecule has 4 nitrogen and oxygen atoms in total. The fourth-order valence-electron chi connectivity index (χ4n) is 3.29. The minimum absolute atomic E-state index is 0.312. The number of halogens is 2. The van der Waals surface area contributed by atoms with E-state index in [-0.39, 0.29) is 11.6 Å². The van der Waals surface area contributed by atoms with E-state index in [1.807, 2.05) is 6.07 Å². The first-order valence-corrected chi connectivity index (χ1v) is 8.11. The molecule has 2 aromatic carbocycles. The highest BCUT2D eigenvalue weighted by Gasteiger charge is 2.41. The summed E-state index contributed by atoms with van der Waals surface area (Å²) in [5.41, 5.74) is 0.723. The van der Waals surface area contributed by atoms with Gasteiger partial charge >= 0.3 is 0 Å². The van der Waals surface area contributed by atoms with Gasteiger partial charge in [0.2, 0.25) is 11.7 Å². The number of hydrogen-bond donors (Lipinski definition) is 0. The summed E-state index contributed by atoms with van der Waals surface area (Å²) in [4.78, 5) is 4.50. The predicted octanol–water partition coefficient (Wildman–Crippen LogP) is 4.11. The van der Waals surface area contributed by atoms with Crippen molar-refractivity contribution in [2.45, 2.75) is 18.3 Å². The molecule has 0 atom stereocenters. The summed E-state index contributed by atoms with van der Waals surface area (Å²) in [6.45, 7) is 1.04. The highest BCUT2D eigenvalue weighted by molar-refractivity contribution is 5.54. The van der Waals surface area contributed by atoms with E-state index in [0.29, 0.717) is 43.3 Å². The van der Waals surface area contributed by atoms with E-state index in [1.54, 1.807) is 18.2 Å². The summed E-state index contributed by atoms with van der Waals surface area (Å²) < 4.78 is 38.2. The van der Waals surface area contributed by atoms with Crippen LogP contribution >= 0.6 is 0 Å². The highest BCUT2D eigenvalue weighted by atomic mass is 19.1. The van der Waals surface area contributed by atoms with Crippen molar-refractivity contribution < 1.29 is 18.0 Å². The van der Waals surface area contributed by atoms with Gasteiger partial charge in [0.15, 0.2) is 0 Å². The van der Waals surface area contributed by atoms with Gasteiger partial charge in [0.1, 0.15) is 11.6 Å². The van der Waals surface area contributed by atoms with Gasteiger partial charge in [0, 0.05) is 18.8 Å². The molecule has 3 aromatic rings. The summed E-state index contributed by atoms with van der Waals surface area (Å²) >= 11 is 0. The zero-order valence-electron chi connectivity index (χ0n) is 13.4. The van der Waals surface area contributed by atoms with Gasteiger partial charge in [-0.1, -0.05) is 29.4 Å².